The van der Waals surface area contributed by atoms with Crippen molar-refractivity contribution in [3.63, 3.8) is 0 Å². The molecule has 0 aliphatic rings. The molecule has 2 rings (SSSR count). The van der Waals surface area contributed by atoms with Crippen LogP contribution in [0.1, 0.15) is 0 Å². The summed E-state index contributed by atoms with van der Waals surface area (Å²) in [4.78, 5) is 3.90. The van der Waals surface area contributed by atoms with Gasteiger partial charge in [-0.3, -0.25) is 0 Å². The van der Waals surface area contributed by atoms with Gasteiger partial charge in [-0.1, -0.05) is 11.3 Å². The van der Waals surface area contributed by atoms with Gasteiger partial charge in [0.1, 0.15) is 5.82 Å². The van der Waals surface area contributed by atoms with Gasteiger partial charge in [-0.15, -0.1) is 0 Å². The summed E-state index contributed by atoms with van der Waals surface area (Å²) in [7, 11) is 0. The summed E-state index contributed by atoms with van der Waals surface area (Å²) in [6.45, 7) is 0. The Hall–Kier alpha value is -1.62. The normalized spacial score (nSPS) is 10.1. The second-order valence-electron chi connectivity index (χ2n) is 2.58. The number of aromatic nitrogens is 1. The molecule has 0 atom stereocenters. The number of nitrogen functional groups attached to an aromatic ring is 1. The monoisotopic (exact) mass is 210 g/mol. The molecular weight excluding hydrogens is 203 g/mol. The fourth-order valence-corrected chi connectivity index (χ4v) is 1.45. The molecule has 1 heterocycles. The molecule has 0 aliphatic heterocycles. The molecule has 72 valence electrons. The first kappa shape index (κ1) is 8.96. The molecule has 0 saturated carbocycles. The van der Waals surface area contributed by atoms with Crippen LogP contribution in [0.25, 0.3) is 0 Å². The molecule has 0 bridgehead atoms. The first-order chi connectivity index (χ1) is 6.75. The number of nitrogens with zero attached hydrogens (tertiary/aromatic N) is 1. The van der Waals surface area contributed by atoms with Crippen LogP contribution in [0.4, 0.5) is 10.1 Å². The maximum atomic E-state index is 12.8. The molecule has 2 aromatic rings. The van der Waals surface area contributed by atoms with Crippen molar-refractivity contribution in [3.8, 4) is 10.9 Å². The van der Waals surface area contributed by atoms with Crippen molar-refractivity contribution in [1.29, 1.82) is 0 Å². The summed E-state index contributed by atoms with van der Waals surface area (Å²) in [6, 6.07) is 3.97. The molecule has 0 radical (unpaired) electrons. The molecule has 0 aliphatic carbocycles. The van der Waals surface area contributed by atoms with E-state index in [1.807, 2.05) is 0 Å². The highest BCUT2D eigenvalue weighted by Gasteiger charge is 2.04. The summed E-state index contributed by atoms with van der Waals surface area (Å²) in [5.74, 6) is -0.0919. The Morgan fingerprint density at radius 2 is 2.29 bits per heavy atom. The van der Waals surface area contributed by atoms with Crippen LogP contribution in [0.5, 0.6) is 10.9 Å². The van der Waals surface area contributed by atoms with Crippen molar-refractivity contribution in [1.82, 2.24) is 4.98 Å². The van der Waals surface area contributed by atoms with E-state index in [0.717, 1.165) is 0 Å². The summed E-state index contributed by atoms with van der Waals surface area (Å²) in [5.41, 5.74) is 5.98. The third-order valence-electron chi connectivity index (χ3n) is 1.58. The van der Waals surface area contributed by atoms with Crippen LogP contribution in [0.2, 0.25) is 0 Å². The van der Waals surface area contributed by atoms with Crippen molar-refractivity contribution in [2.75, 3.05) is 5.73 Å². The zero-order valence-corrected chi connectivity index (χ0v) is 7.92. The molecule has 5 heteroatoms. The van der Waals surface area contributed by atoms with Gasteiger partial charge >= 0.3 is 0 Å². The van der Waals surface area contributed by atoms with Gasteiger partial charge in [0.25, 0.3) is 5.19 Å². The fourth-order valence-electron chi connectivity index (χ4n) is 0.951. The van der Waals surface area contributed by atoms with Gasteiger partial charge in [0.05, 0.1) is 5.69 Å². The zero-order chi connectivity index (χ0) is 9.97. The Bertz CT molecular complexity index is 430. The molecule has 0 spiro atoms. The maximum absolute atomic E-state index is 12.8. The van der Waals surface area contributed by atoms with E-state index >= 15 is 0 Å². The van der Waals surface area contributed by atoms with Gasteiger partial charge in [0.2, 0.25) is 0 Å². The van der Waals surface area contributed by atoms with E-state index in [0.29, 0.717) is 16.6 Å². The van der Waals surface area contributed by atoms with Crippen molar-refractivity contribution in [2.45, 2.75) is 0 Å². The Kier molecular flexibility index (Phi) is 2.32. The lowest BCUT2D eigenvalue weighted by Crippen LogP contribution is -1.92. The number of rotatable bonds is 2. The minimum Gasteiger partial charge on any atom is -0.429 e. The first-order valence-corrected chi connectivity index (χ1v) is 4.76. The van der Waals surface area contributed by atoms with Gasteiger partial charge in [0, 0.05) is 17.6 Å². The van der Waals surface area contributed by atoms with Crippen LogP contribution in [0.3, 0.4) is 0 Å². The van der Waals surface area contributed by atoms with Crippen LogP contribution >= 0.6 is 11.3 Å². The van der Waals surface area contributed by atoms with E-state index in [2.05, 4.69) is 4.98 Å². The predicted octanol–water partition coefficient (Wildman–Crippen LogP) is 2.66. The summed E-state index contributed by atoms with van der Waals surface area (Å²) >= 11 is 1.32. The van der Waals surface area contributed by atoms with Gasteiger partial charge in [-0.25, -0.2) is 9.37 Å². The molecule has 0 fully saturated rings. The fraction of sp³-hybridized carbons (Fsp3) is 0. The van der Waals surface area contributed by atoms with E-state index < -0.39 is 0 Å². The summed E-state index contributed by atoms with van der Waals surface area (Å²) < 4.78 is 18.1. The minimum atomic E-state index is -0.384. The smallest absolute Gasteiger partial charge is 0.278 e. The number of anilines is 1. The van der Waals surface area contributed by atoms with E-state index in [4.69, 9.17) is 10.5 Å². The third kappa shape index (κ3) is 1.82. The number of thiazole rings is 1. The lowest BCUT2D eigenvalue weighted by molar-refractivity contribution is 0.475. The largest absolute Gasteiger partial charge is 0.429 e. The number of ether oxygens (including phenoxy) is 1. The van der Waals surface area contributed by atoms with Crippen molar-refractivity contribution in [2.24, 2.45) is 0 Å². The van der Waals surface area contributed by atoms with Crippen LogP contribution in [-0.2, 0) is 0 Å². The van der Waals surface area contributed by atoms with Crippen molar-refractivity contribution >= 4 is 17.0 Å². The lowest BCUT2D eigenvalue weighted by atomic mass is 10.3. The standard InChI is InChI=1S/C9H7FN2OS/c10-6-1-2-7(11)8(5-6)13-9-12-3-4-14-9/h1-5H,11H2. The van der Waals surface area contributed by atoms with Crippen LogP contribution in [0.15, 0.2) is 29.8 Å². The number of nitrogens with two attached hydrogens (primary N) is 1. The third-order valence-corrected chi connectivity index (χ3v) is 2.23. The van der Waals surface area contributed by atoms with Crippen molar-refractivity contribution < 1.29 is 9.13 Å². The maximum Gasteiger partial charge on any atom is 0.278 e. The molecular formula is C9H7FN2OS. The Labute approximate surface area is 84.0 Å². The molecule has 1 aromatic heterocycles. The van der Waals surface area contributed by atoms with E-state index in [1.165, 1.54) is 29.5 Å². The average Bonchev–Trinajstić information content (AvgIpc) is 2.64. The topological polar surface area (TPSA) is 48.1 Å². The predicted molar refractivity (Wildman–Crippen MR) is 53.0 cm³/mol. The molecule has 0 unspecified atom stereocenters. The Balaban J connectivity index is 2.28. The van der Waals surface area contributed by atoms with E-state index in [-0.39, 0.29) is 5.82 Å². The van der Waals surface area contributed by atoms with E-state index in [1.54, 1.807) is 11.6 Å². The van der Waals surface area contributed by atoms with Crippen LogP contribution in [0, 0.1) is 5.82 Å². The number of halogens is 1. The highest BCUT2D eigenvalue weighted by molar-refractivity contribution is 7.11. The molecule has 3 nitrogen and oxygen atoms in total. The first-order valence-electron chi connectivity index (χ1n) is 3.88. The average molecular weight is 210 g/mol. The molecule has 0 saturated heterocycles. The second-order valence-corrected chi connectivity index (χ2v) is 3.44. The summed E-state index contributed by atoms with van der Waals surface area (Å²) in [6.07, 6.45) is 1.61. The summed E-state index contributed by atoms with van der Waals surface area (Å²) in [5, 5.41) is 2.22. The van der Waals surface area contributed by atoms with Crippen LogP contribution < -0.4 is 10.5 Å². The van der Waals surface area contributed by atoms with Crippen molar-refractivity contribution in [3.05, 3.63) is 35.6 Å². The van der Waals surface area contributed by atoms with Gasteiger partial charge in [-0.05, 0) is 12.1 Å². The van der Waals surface area contributed by atoms with Crippen LogP contribution in [-0.4, -0.2) is 4.98 Å². The second kappa shape index (κ2) is 3.63. The lowest BCUT2D eigenvalue weighted by Gasteiger charge is -2.04. The molecule has 2 N–H and O–H groups in total. The quantitative estimate of drug-likeness (QED) is 0.775. The Morgan fingerprint density at radius 3 is 3.00 bits per heavy atom. The number of benzene rings is 1. The molecule has 1 aromatic carbocycles. The van der Waals surface area contributed by atoms with Gasteiger partial charge in [-0.2, -0.15) is 0 Å². The highest BCUT2D eigenvalue weighted by Crippen LogP contribution is 2.28. The number of hydrogen-bond donors (Lipinski definition) is 1. The Morgan fingerprint density at radius 1 is 1.43 bits per heavy atom. The van der Waals surface area contributed by atoms with Gasteiger partial charge < -0.3 is 10.5 Å². The minimum absolute atomic E-state index is 0.292. The zero-order valence-electron chi connectivity index (χ0n) is 7.11. The van der Waals surface area contributed by atoms with E-state index in [9.17, 15) is 4.39 Å². The van der Waals surface area contributed by atoms with Gasteiger partial charge in [0.15, 0.2) is 5.75 Å². The molecule has 0 amide bonds. The highest BCUT2D eigenvalue weighted by atomic mass is 32.1. The number of hydrogen-bond acceptors (Lipinski definition) is 4. The molecule has 14 heavy (non-hydrogen) atoms. The SMILES string of the molecule is Nc1ccc(F)cc1Oc1nccs1.